The number of allylic oxidation sites excluding steroid dienone is 2. The Balaban J connectivity index is -0.0000000300. The van der Waals surface area contributed by atoms with Gasteiger partial charge in [0.2, 0.25) is 0 Å². The van der Waals surface area contributed by atoms with Gasteiger partial charge in [-0.3, -0.25) is 9.59 Å². The van der Waals surface area contributed by atoms with E-state index in [1.165, 1.54) is 12.2 Å². The van der Waals surface area contributed by atoms with Crippen LogP contribution in [0.5, 0.6) is 0 Å². The highest BCUT2D eigenvalue weighted by molar-refractivity contribution is 8.93. The van der Waals surface area contributed by atoms with E-state index in [9.17, 15) is 0 Å². The first-order valence-electron chi connectivity index (χ1n) is 1.95. The molecule has 0 aliphatic heterocycles. The first-order chi connectivity index (χ1) is 3.83. The molecular formula is C6H10Br2O2. The number of carbonyl (C=O) groups is 2. The van der Waals surface area contributed by atoms with Crippen molar-refractivity contribution in [3.63, 3.8) is 0 Å². The molecule has 0 aromatic rings. The summed E-state index contributed by atoms with van der Waals surface area (Å²) < 4.78 is 0. The highest BCUT2D eigenvalue weighted by Crippen LogP contribution is 1.35. The fourth-order valence-corrected chi connectivity index (χ4v) is 0. The van der Waals surface area contributed by atoms with Crippen molar-refractivity contribution >= 4 is 46.5 Å². The van der Waals surface area contributed by atoms with Crippen molar-refractivity contribution in [3.8, 4) is 0 Å². The standard InChI is InChI=1S/2C3H4O.2BrH/c2*1-2-3-4;;/h2*2-3H,1H2;2*1H. The highest BCUT2D eigenvalue weighted by Gasteiger charge is 1.38. The van der Waals surface area contributed by atoms with Gasteiger partial charge < -0.3 is 0 Å². The summed E-state index contributed by atoms with van der Waals surface area (Å²) in [6.45, 7) is 6.22. The molecule has 0 aliphatic carbocycles. The Labute approximate surface area is 81.5 Å². The maximum absolute atomic E-state index is 9.06. The highest BCUT2D eigenvalue weighted by atomic mass is 79.9. The number of hydrogen-bond donors (Lipinski definition) is 0. The third-order valence-electron chi connectivity index (χ3n) is 0.192. The van der Waals surface area contributed by atoms with Gasteiger partial charge in [-0.15, -0.1) is 34.0 Å². The molecule has 0 rings (SSSR count). The van der Waals surface area contributed by atoms with Gasteiger partial charge in [0, 0.05) is 0 Å². The average molecular weight is 274 g/mol. The Morgan fingerprint density at radius 1 is 0.800 bits per heavy atom. The van der Waals surface area contributed by atoms with Gasteiger partial charge >= 0.3 is 0 Å². The Morgan fingerprint density at radius 3 is 0.900 bits per heavy atom. The van der Waals surface area contributed by atoms with Crippen LogP contribution in [0.2, 0.25) is 0 Å². The van der Waals surface area contributed by atoms with Gasteiger partial charge in [-0.1, -0.05) is 13.2 Å². The van der Waals surface area contributed by atoms with Crippen LogP contribution in [0.15, 0.2) is 25.3 Å². The molecule has 10 heavy (non-hydrogen) atoms. The van der Waals surface area contributed by atoms with E-state index in [-0.39, 0.29) is 34.0 Å². The zero-order chi connectivity index (χ0) is 6.83. The van der Waals surface area contributed by atoms with Crippen molar-refractivity contribution in [1.29, 1.82) is 0 Å². The van der Waals surface area contributed by atoms with Gasteiger partial charge in [-0.25, -0.2) is 0 Å². The minimum atomic E-state index is 0. The van der Waals surface area contributed by atoms with Crippen LogP contribution in [0.3, 0.4) is 0 Å². The second-order valence-electron chi connectivity index (χ2n) is 0.744. The van der Waals surface area contributed by atoms with Crippen molar-refractivity contribution in [2.45, 2.75) is 0 Å². The van der Waals surface area contributed by atoms with Crippen molar-refractivity contribution in [3.05, 3.63) is 25.3 Å². The molecule has 0 aliphatic rings. The summed E-state index contributed by atoms with van der Waals surface area (Å²) in [6, 6.07) is 0. The summed E-state index contributed by atoms with van der Waals surface area (Å²) in [7, 11) is 0. The molecule has 60 valence electrons. The summed E-state index contributed by atoms with van der Waals surface area (Å²) in [5.41, 5.74) is 0. The van der Waals surface area contributed by atoms with Crippen LogP contribution < -0.4 is 0 Å². The smallest absolute Gasteiger partial charge is 0.142 e. The quantitative estimate of drug-likeness (QED) is 0.569. The van der Waals surface area contributed by atoms with E-state index >= 15 is 0 Å². The summed E-state index contributed by atoms with van der Waals surface area (Å²) in [5, 5.41) is 0. The normalized spacial score (nSPS) is 4.00. The zero-order valence-corrected chi connectivity index (χ0v) is 8.78. The second-order valence-corrected chi connectivity index (χ2v) is 0.744. The van der Waals surface area contributed by atoms with Crippen LogP contribution in [0.25, 0.3) is 0 Å². The molecule has 4 heteroatoms. The minimum Gasteiger partial charge on any atom is -0.299 e. The molecule has 0 aromatic heterocycles. The number of aldehydes is 2. The number of halogens is 2. The molecule has 0 atom stereocenters. The van der Waals surface area contributed by atoms with E-state index in [1.54, 1.807) is 0 Å². The van der Waals surface area contributed by atoms with Gasteiger partial charge in [0.1, 0.15) is 12.6 Å². The van der Waals surface area contributed by atoms with E-state index in [1.807, 2.05) is 0 Å². The Hall–Kier alpha value is -0.220. The Morgan fingerprint density at radius 2 is 0.900 bits per heavy atom. The lowest BCUT2D eigenvalue weighted by atomic mass is 10.8. The largest absolute Gasteiger partial charge is 0.299 e. The topological polar surface area (TPSA) is 34.1 Å². The van der Waals surface area contributed by atoms with E-state index in [4.69, 9.17) is 9.59 Å². The monoisotopic (exact) mass is 272 g/mol. The van der Waals surface area contributed by atoms with E-state index in [0.717, 1.165) is 0 Å². The second kappa shape index (κ2) is 37.2. The molecule has 0 radical (unpaired) electrons. The molecule has 0 unspecified atom stereocenters. The lowest BCUT2D eigenvalue weighted by Crippen LogP contribution is -1.44. The molecule has 0 N–H and O–H groups in total. The van der Waals surface area contributed by atoms with E-state index in [2.05, 4.69) is 13.2 Å². The molecular weight excluding hydrogens is 264 g/mol. The fraction of sp³-hybridized carbons (Fsp3) is 0. The lowest BCUT2D eigenvalue weighted by Gasteiger charge is -1.37. The van der Waals surface area contributed by atoms with Crippen LogP contribution in [-0.4, -0.2) is 12.6 Å². The van der Waals surface area contributed by atoms with Crippen LogP contribution in [0.4, 0.5) is 0 Å². The SMILES string of the molecule is Br.Br.C=CC=O.C=CC=O. The van der Waals surface area contributed by atoms with Crippen molar-refractivity contribution in [2.24, 2.45) is 0 Å². The summed E-state index contributed by atoms with van der Waals surface area (Å²) >= 11 is 0. The maximum Gasteiger partial charge on any atom is 0.142 e. The number of carbonyl (C=O) groups excluding carboxylic acids is 2. The van der Waals surface area contributed by atoms with Crippen molar-refractivity contribution < 1.29 is 9.59 Å². The van der Waals surface area contributed by atoms with Gasteiger partial charge in [0.05, 0.1) is 0 Å². The molecule has 0 saturated carbocycles. The number of hydrogen-bond acceptors (Lipinski definition) is 2. The maximum atomic E-state index is 9.06. The van der Waals surface area contributed by atoms with E-state index < -0.39 is 0 Å². The fourth-order valence-electron chi connectivity index (χ4n) is 0. The van der Waals surface area contributed by atoms with Gasteiger partial charge in [-0.05, 0) is 12.2 Å². The molecule has 0 spiro atoms. The first kappa shape index (κ1) is 22.6. The van der Waals surface area contributed by atoms with Crippen LogP contribution in [0.1, 0.15) is 0 Å². The summed E-state index contributed by atoms with van der Waals surface area (Å²) in [5.74, 6) is 0. The van der Waals surface area contributed by atoms with Crippen molar-refractivity contribution in [2.75, 3.05) is 0 Å². The summed E-state index contributed by atoms with van der Waals surface area (Å²) in [6.07, 6.45) is 3.67. The van der Waals surface area contributed by atoms with Gasteiger partial charge in [0.15, 0.2) is 0 Å². The third kappa shape index (κ3) is 113. The predicted molar refractivity (Wildman–Crippen MR) is 53.2 cm³/mol. The minimum absolute atomic E-state index is 0. The average Bonchev–Trinajstić information content (AvgIpc) is 1.88. The van der Waals surface area contributed by atoms with Gasteiger partial charge in [0.25, 0.3) is 0 Å². The summed E-state index contributed by atoms with van der Waals surface area (Å²) in [4.78, 5) is 18.1. The third-order valence-corrected chi connectivity index (χ3v) is 0.192. The van der Waals surface area contributed by atoms with Crippen LogP contribution >= 0.6 is 34.0 Å². The predicted octanol–water partition coefficient (Wildman–Crippen LogP) is 1.90. The Kier molecular flexibility index (Phi) is 83.9. The first-order valence-corrected chi connectivity index (χ1v) is 1.95. The van der Waals surface area contributed by atoms with Crippen LogP contribution in [0, 0.1) is 0 Å². The van der Waals surface area contributed by atoms with Gasteiger partial charge in [-0.2, -0.15) is 0 Å². The molecule has 0 fully saturated rings. The number of rotatable bonds is 2. The molecule has 0 heterocycles. The van der Waals surface area contributed by atoms with E-state index in [0.29, 0.717) is 12.6 Å². The molecule has 0 aromatic carbocycles. The molecule has 0 amide bonds. The van der Waals surface area contributed by atoms with Crippen molar-refractivity contribution in [1.82, 2.24) is 0 Å². The zero-order valence-electron chi connectivity index (χ0n) is 5.36. The molecule has 0 saturated heterocycles. The Bertz CT molecular complexity index is 67.7. The molecule has 0 bridgehead atoms. The molecule has 2 nitrogen and oxygen atoms in total. The van der Waals surface area contributed by atoms with Crippen LogP contribution in [-0.2, 0) is 9.59 Å². The lowest BCUT2D eigenvalue weighted by molar-refractivity contribution is -0.104.